The van der Waals surface area contributed by atoms with Crippen LogP contribution in [-0.2, 0) is 0 Å². The first-order valence-electron chi connectivity index (χ1n) is 7.37. The van der Waals surface area contributed by atoms with Crippen LogP contribution in [0.5, 0.6) is 0 Å². The fourth-order valence-corrected chi connectivity index (χ4v) is 4.09. The Kier molecular flexibility index (Phi) is 3.49. The second-order valence-electron chi connectivity index (χ2n) is 6.14. The van der Waals surface area contributed by atoms with Crippen LogP contribution in [0.1, 0.15) is 44.9 Å². The second kappa shape index (κ2) is 5.05. The molecule has 16 heavy (non-hydrogen) atoms. The molecule has 2 saturated carbocycles. The number of likely N-dealkylation sites (tertiary alicyclic amines) is 1. The maximum atomic E-state index is 3.82. The van der Waals surface area contributed by atoms with Gasteiger partial charge in [-0.1, -0.05) is 12.8 Å². The quantitative estimate of drug-likeness (QED) is 0.785. The van der Waals surface area contributed by atoms with E-state index in [0.29, 0.717) is 0 Å². The molecule has 0 spiro atoms. The summed E-state index contributed by atoms with van der Waals surface area (Å²) in [6.45, 7) is 5.21. The Bertz CT molecular complexity index is 223. The van der Waals surface area contributed by atoms with Crippen LogP contribution in [0.15, 0.2) is 0 Å². The molecule has 2 heteroatoms. The monoisotopic (exact) mass is 222 g/mol. The molecule has 0 aromatic heterocycles. The number of nitrogens with one attached hydrogen (secondary N) is 1. The van der Waals surface area contributed by atoms with Crippen LogP contribution in [0, 0.1) is 11.8 Å². The maximum absolute atomic E-state index is 3.82. The molecule has 0 radical (unpaired) electrons. The predicted octanol–water partition coefficient (Wildman–Crippen LogP) is 2.25. The van der Waals surface area contributed by atoms with E-state index in [1.807, 2.05) is 0 Å². The van der Waals surface area contributed by atoms with E-state index in [-0.39, 0.29) is 0 Å². The smallest absolute Gasteiger partial charge is 0.0107 e. The molecule has 0 aromatic rings. The van der Waals surface area contributed by atoms with Crippen molar-refractivity contribution >= 4 is 0 Å². The van der Waals surface area contributed by atoms with E-state index in [2.05, 4.69) is 10.2 Å². The summed E-state index contributed by atoms with van der Waals surface area (Å²) in [6, 6.07) is 0.878. The summed E-state index contributed by atoms with van der Waals surface area (Å²) in [6.07, 6.45) is 10.3. The topological polar surface area (TPSA) is 15.3 Å². The zero-order chi connectivity index (χ0) is 10.8. The van der Waals surface area contributed by atoms with Gasteiger partial charge in [-0.15, -0.1) is 0 Å². The van der Waals surface area contributed by atoms with Gasteiger partial charge in [0.2, 0.25) is 0 Å². The molecule has 3 unspecified atom stereocenters. The molecule has 2 aliphatic carbocycles. The van der Waals surface area contributed by atoms with Crippen molar-refractivity contribution in [2.45, 2.75) is 51.0 Å². The van der Waals surface area contributed by atoms with Crippen molar-refractivity contribution < 1.29 is 0 Å². The van der Waals surface area contributed by atoms with E-state index in [1.54, 1.807) is 0 Å². The van der Waals surface area contributed by atoms with Crippen LogP contribution in [-0.4, -0.2) is 37.1 Å². The molecule has 1 N–H and O–H groups in total. The van der Waals surface area contributed by atoms with E-state index in [4.69, 9.17) is 0 Å². The Hall–Kier alpha value is -0.0800. The molecule has 2 bridgehead atoms. The summed E-state index contributed by atoms with van der Waals surface area (Å²) in [5.74, 6) is 2.11. The van der Waals surface area contributed by atoms with Gasteiger partial charge < -0.3 is 10.2 Å². The van der Waals surface area contributed by atoms with Gasteiger partial charge in [-0.05, 0) is 57.0 Å². The first kappa shape index (κ1) is 11.0. The van der Waals surface area contributed by atoms with Gasteiger partial charge >= 0.3 is 0 Å². The minimum atomic E-state index is 0.878. The molecule has 3 rings (SSSR count). The lowest BCUT2D eigenvalue weighted by molar-refractivity contribution is 0.221. The van der Waals surface area contributed by atoms with Gasteiger partial charge in [0.1, 0.15) is 0 Å². The zero-order valence-corrected chi connectivity index (χ0v) is 10.5. The lowest BCUT2D eigenvalue weighted by atomic mass is 9.95. The van der Waals surface area contributed by atoms with Gasteiger partial charge in [0, 0.05) is 19.1 Å². The van der Waals surface area contributed by atoms with Crippen molar-refractivity contribution in [3.8, 4) is 0 Å². The van der Waals surface area contributed by atoms with Crippen molar-refractivity contribution in [2.24, 2.45) is 11.8 Å². The fourth-order valence-electron chi connectivity index (χ4n) is 4.09. The number of fused-ring (bicyclic) bond motifs is 2. The van der Waals surface area contributed by atoms with Gasteiger partial charge in [-0.25, -0.2) is 0 Å². The van der Waals surface area contributed by atoms with Crippen LogP contribution >= 0.6 is 0 Å². The van der Waals surface area contributed by atoms with Crippen LogP contribution in [0.2, 0.25) is 0 Å². The minimum Gasteiger partial charge on any atom is -0.312 e. The SMILES string of the molecule is C1CCN(CCNC2CC3CCC2C3)CC1. The van der Waals surface area contributed by atoms with E-state index in [9.17, 15) is 0 Å². The molecule has 1 aliphatic heterocycles. The molecule has 3 atom stereocenters. The number of piperidine rings is 1. The highest BCUT2D eigenvalue weighted by Crippen LogP contribution is 2.44. The number of hydrogen-bond acceptors (Lipinski definition) is 2. The first-order chi connectivity index (χ1) is 7.92. The Morgan fingerprint density at radius 1 is 1.00 bits per heavy atom. The predicted molar refractivity (Wildman–Crippen MR) is 67.5 cm³/mol. The van der Waals surface area contributed by atoms with Gasteiger partial charge in [-0.2, -0.15) is 0 Å². The Labute approximate surface area is 99.8 Å². The Morgan fingerprint density at radius 2 is 1.88 bits per heavy atom. The molecule has 3 fully saturated rings. The number of nitrogens with zero attached hydrogens (tertiary/aromatic N) is 1. The lowest BCUT2D eigenvalue weighted by Gasteiger charge is -2.28. The van der Waals surface area contributed by atoms with Gasteiger partial charge in [-0.3, -0.25) is 0 Å². The average molecular weight is 222 g/mol. The molecule has 92 valence electrons. The highest BCUT2D eigenvalue weighted by molar-refractivity contribution is 4.94. The van der Waals surface area contributed by atoms with Crippen LogP contribution < -0.4 is 5.32 Å². The molecule has 1 saturated heterocycles. The molecular weight excluding hydrogens is 196 g/mol. The summed E-state index contributed by atoms with van der Waals surface area (Å²) in [5.41, 5.74) is 0. The van der Waals surface area contributed by atoms with Gasteiger partial charge in [0.05, 0.1) is 0 Å². The van der Waals surface area contributed by atoms with Crippen molar-refractivity contribution in [3.05, 3.63) is 0 Å². The van der Waals surface area contributed by atoms with Crippen molar-refractivity contribution in [1.29, 1.82) is 0 Å². The molecule has 1 heterocycles. The van der Waals surface area contributed by atoms with Gasteiger partial charge in [0.15, 0.2) is 0 Å². The summed E-state index contributed by atoms with van der Waals surface area (Å²) < 4.78 is 0. The van der Waals surface area contributed by atoms with E-state index < -0.39 is 0 Å². The standard InChI is InChI=1S/C14H26N2/c1-2-7-16(8-3-1)9-6-15-14-11-12-4-5-13(14)10-12/h12-15H,1-11H2. The van der Waals surface area contributed by atoms with Crippen LogP contribution in [0.25, 0.3) is 0 Å². The fraction of sp³-hybridized carbons (Fsp3) is 1.00. The average Bonchev–Trinajstić information content (AvgIpc) is 2.92. The van der Waals surface area contributed by atoms with Crippen LogP contribution in [0.3, 0.4) is 0 Å². The summed E-state index contributed by atoms with van der Waals surface area (Å²) in [5, 5.41) is 3.82. The third-order valence-corrected chi connectivity index (χ3v) is 5.02. The Morgan fingerprint density at radius 3 is 2.56 bits per heavy atom. The largest absolute Gasteiger partial charge is 0.312 e. The normalized spacial score (nSPS) is 39.4. The molecule has 0 amide bonds. The Balaban J connectivity index is 1.34. The molecule has 0 aromatic carbocycles. The third-order valence-electron chi connectivity index (χ3n) is 5.02. The minimum absolute atomic E-state index is 0.878. The summed E-state index contributed by atoms with van der Waals surface area (Å²) >= 11 is 0. The maximum Gasteiger partial charge on any atom is 0.0107 e. The van der Waals surface area contributed by atoms with Crippen LogP contribution in [0.4, 0.5) is 0 Å². The second-order valence-corrected chi connectivity index (χ2v) is 6.14. The van der Waals surface area contributed by atoms with E-state index in [1.165, 1.54) is 71.1 Å². The summed E-state index contributed by atoms with van der Waals surface area (Å²) in [7, 11) is 0. The molecular formula is C14H26N2. The third kappa shape index (κ3) is 2.43. The first-order valence-corrected chi connectivity index (χ1v) is 7.37. The lowest BCUT2D eigenvalue weighted by Crippen LogP contribution is -2.41. The highest BCUT2D eigenvalue weighted by atomic mass is 15.1. The van der Waals surface area contributed by atoms with E-state index in [0.717, 1.165) is 17.9 Å². The van der Waals surface area contributed by atoms with Crippen molar-refractivity contribution in [1.82, 2.24) is 10.2 Å². The summed E-state index contributed by atoms with van der Waals surface area (Å²) in [4.78, 5) is 2.64. The number of hydrogen-bond donors (Lipinski definition) is 1. The van der Waals surface area contributed by atoms with Crippen molar-refractivity contribution in [3.63, 3.8) is 0 Å². The van der Waals surface area contributed by atoms with Gasteiger partial charge in [0.25, 0.3) is 0 Å². The highest BCUT2D eigenvalue weighted by Gasteiger charge is 2.38. The molecule has 3 aliphatic rings. The zero-order valence-electron chi connectivity index (χ0n) is 10.5. The number of rotatable bonds is 4. The van der Waals surface area contributed by atoms with Crippen molar-refractivity contribution in [2.75, 3.05) is 26.2 Å². The molecule has 2 nitrogen and oxygen atoms in total. The van der Waals surface area contributed by atoms with E-state index >= 15 is 0 Å².